The number of nitro groups is 1. The number of carbonyl (C=O) groups is 2. The third kappa shape index (κ3) is 3.94. The van der Waals surface area contributed by atoms with E-state index < -0.39 is 11.0 Å². The van der Waals surface area contributed by atoms with Crippen molar-refractivity contribution >= 4 is 29.0 Å². The van der Waals surface area contributed by atoms with E-state index in [0.29, 0.717) is 17.1 Å². The van der Waals surface area contributed by atoms with Crippen molar-refractivity contribution in [3.8, 4) is 0 Å². The molecule has 0 aliphatic carbocycles. The zero-order chi connectivity index (χ0) is 17.9. The highest BCUT2D eigenvalue weighted by molar-refractivity contribution is 5.94. The second kappa shape index (κ2) is 6.90. The molecule has 2 amide bonds. The van der Waals surface area contributed by atoms with Crippen LogP contribution < -0.4 is 10.6 Å². The summed E-state index contributed by atoms with van der Waals surface area (Å²) in [5.41, 5.74) is 1.68. The van der Waals surface area contributed by atoms with E-state index in [4.69, 9.17) is 0 Å². The Morgan fingerprint density at radius 2 is 1.75 bits per heavy atom. The number of amides is 2. The van der Waals surface area contributed by atoms with Gasteiger partial charge >= 0.3 is 5.82 Å². The monoisotopic (exact) mass is 331 g/mol. The predicted octanol–water partition coefficient (Wildman–Crippen LogP) is 2.26. The molecule has 0 fully saturated rings. The van der Waals surface area contributed by atoms with Crippen molar-refractivity contribution in [3.05, 3.63) is 46.1 Å². The van der Waals surface area contributed by atoms with Crippen LogP contribution in [0.4, 0.5) is 17.2 Å². The van der Waals surface area contributed by atoms with Gasteiger partial charge < -0.3 is 20.7 Å². The van der Waals surface area contributed by atoms with Crippen molar-refractivity contribution in [3.63, 3.8) is 0 Å². The SMILES string of the molecule is CC(=O)Nc1ccc(NC(=O)C(C)n2nc([N+](=O)[O-])cc2C)cc1. The molecule has 2 rings (SSSR count). The van der Waals surface area contributed by atoms with Gasteiger partial charge in [-0.05, 0) is 43.0 Å². The number of hydrogen-bond acceptors (Lipinski definition) is 5. The molecular weight excluding hydrogens is 314 g/mol. The molecule has 0 aliphatic heterocycles. The maximum absolute atomic E-state index is 12.3. The van der Waals surface area contributed by atoms with Crippen LogP contribution in [-0.4, -0.2) is 26.5 Å². The highest BCUT2D eigenvalue weighted by Crippen LogP contribution is 2.19. The zero-order valence-corrected chi connectivity index (χ0v) is 13.4. The van der Waals surface area contributed by atoms with Gasteiger partial charge in [-0.1, -0.05) is 0 Å². The van der Waals surface area contributed by atoms with Crippen molar-refractivity contribution in [1.29, 1.82) is 0 Å². The Kier molecular flexibility index (Phi) is 4.93. The van der Waals surface area contributed by atoms with Crippen LogP contribution in [-0.2, 0) is 9.59 Å². The number of aryl methyl sites for hydroxylation is 1. The summed E-state index contributed by atoms with van der Waals surface area (Å²) in [6.07, 6.45) is 0. The number of rotatable bonds is 5. The first-order valence-corrected chi connectivity index (χ1v) is 7.17. The van der Waals surface area contributed by atoms with Crippen molar-refractivity contribution < 1.29 is 14.5 Å². The van der Waals surface area contributed by atoms with E-state index >= 15 is 0 Å². The molecule has 24 heavy (non-hydrogen) atoms. The molecule has 0 saturated heterocycles. The molecule has 0 spiro atoms. The molecule has 2 N–H and O–H groups in total. The molecule has 0 saturated carbocycles. The minimum absolute atomic E-state index is 0.184. The minimum Gasteiger partial charge on any atom is -0.358 e. The largest absolute Gasteiger partial charge is 0.390 e. The van der Waals surface area contributed by atoms with Gasteiger partial charge in [0.25, 0.3) is 5.91 Å². The molecule has 0 aliphatic rings. The lowest BCUT2D eigenvalue weighted by Gasteiger charge is -2.12. The molecule has 0 bridgehead atoms. The normalized spacial score (nSPS) is 11.6. The fourth-order valence-electron chi connectivity index (χ4n) is 2.15. The van der Waals surface area contributed by atoms with Gasteiger partial charge in [-0.15, -0.1) is 0 Å². The third-order valence-electron chi connectivity index (χ3n) is 3.32. The summed E-state index contributed by atoms with van der Waals surface area (Å²) < 4.78 is 1.30. The molecule has 1 unspecified atom stereocenters. The second-order valence-corrected chi connectivity index (χ2v) is 5.27. The third-order valence-corrected chi connectivity index (χ3v) is 3.32. The van der Waals surface area contributed by atoms with Crippen molar-refractivity contribution in [2.45, 2.75) is 26.8 Å². The van der Waals surface area contributed by atoms with Crippen molar-refractivity contribution in [2.24, 2.45) is 0 Å². The molecule has 1 aromatic heterocycles. The van der Waals surface area contributed by atoms with Crippen LogP contribution in [0.1, 0.15) is 25.6 Å². The fraction of sp³-hybridized carbons (Fsp3) is 0.267. The van der Waals surface area contributed by atoms with E-state index in [2.05, 4.69) is 15.7 Å². The first kappa shape index (κ1) is 17.1. The van der Waals surface area contributed by atoms with Crippen molar-refractivity contribution in [2.75, 3.05) is 10.6 Å². The predicted molar refractivity (Wildman–Crippen MR) is 87.7 cm³/mol. The highest BCUT2D eigenvalue weighted by atomic mass is 16.6. The van der Waals surface area contributed by atoms with Crippen LogP contribution in [0.15, 0.2) is 30.3 Å². The minimum atomic E-state index is -0.714. The number of nitrogens with one attached hydrogen (secondary N) is 2. The molecule has 1 aromatic carbocycles. The summed E-state index contributed by atoms with van der Waals surface area (Å²) in [4.78, 5) is 33.4. The van der Waals surface area contributed by atoms with Gasteiger partial charge in [0.15, 0.2) is 0 Å². The molecule has 1 heterocycles. The molecule has 2 aromatic rings. The van der Waals surface area contributed by atoms with Gasteiger partial charge in [0.2, 0.25) is 5.91 Å². The number of anilines is 2. The van der Waals surface area contributed by atoms with Crippen molar-refractivity contribution in [1.82, 2.24) is 9.78 Å². The maximum Gasteiger partial charge on any atom is 0.390 e. The van der Waals surface area contributed by atoms with Gasteiger partial charge in [-0.2, -0.15) is 4.68 Å². The number of nitrogens with zero attached hydrogens (tertiary/aromatic N) is 3. The Balaban J connectivity index is 2.08. The molecule has 126 valence electrons. The van der Waals surface area contributed by atoms with Gasteiger partial charge in [-0.3, -0.25) is 9.59 Å². The summed E-state index contributed by atoms with van der Waals surface area (Å²) in [5, 5.41) is 19.9. The lowest BCUT2D eigenvalue weighted by molar-refractivity contribution is -0.389. The zero-order valence-electron chi connectivity index (χ0n) is 13.4. The Morgan fingerprint density at radius 1 is 1.21 bits per heavy atom. The summed E-state index contributed by atoms with van der Waals surface area (Å²) in [6.45, 7) is 4.65. The molecule has 9 heteroatoms. The Morgan fingerprint density at radius 3 is 2.21 bits per heavy atom. The van der Waals surface area contributed by atoms with E-state index in [9.17, 15) is 19.7 Å². The van der Waals surface area contributed by atoms with Crippen LogP contribution >= 0.6 is 0 Å². The highest BCUT2D eigenvalue weighted by Gasteiger charge is 2.24. The molecule has 0 radical (unpaired) electrons. The van der Waals surface area contributed by atoms with Gasteiger partial charge in [0.1, 0.15) is 6.04 Å². The molecule has 9 nitrogen and oxygen atoms in total. The molecular formula is C15H17N5O4. The summed E-state index contributed by atoms with van der Waals surface area (Å²) >= 11 is 0. The number of benzene rings is 1. The van der Waals surface area contributed by atoms with Crippen LogP contribution in [0.2, 0.25) is 0 Å². The van der Waals surface area contributed by atoms with Gasteiger partial charge in [0.05, 0.1) is 16.9 Å². The number of hydrogen-bond donors (Lipinski definition) is 2. The fourth-order valence-corrected chi connectivity index (χ4v) is 2.15. The maximum atomic E-state index is 12.3. The summed E-state index contributed by atoms with van der Waals surface area (Å²) in [6, 6.07) is 7.21. The summed E-state index contributed by atoms with van der Waals surface area (Å²) in [7, 11) is 0. The first-order chi connectivity index (χ1) is 11.3. The van der Waals surface area contributed by atoms with E-state index in [-0.39, 0.29) is 17.6 Å². The lowest BCUT2D eigenvalue weighted by atomic mass is 10.2. The van der Waals surface area contributed by atoms with E-state index in [1.807, 2.05) is 0 Å². The second-order valence-electron chi connectivity index (χ2n) is 5.27. The molecule has 1 atom stereocenters. The lowest BCUT2D eigenvalue weighted by Crippen LogP contribution is -2.25. The van der Waals surface area contributed by atoms with Crippen LogP contribution in [0.3, 0.4) is 0 Å². The number of aromatic nitrogens is 2. The van der Waals surface area contributed by atoms with Crippen LogP contribution in [0.5, 0.6) is 0 Å². The Bertz CT molecular complexity index is 782. The van der Waals surface area contributed by atoms with E-state index in [1.54, 1.807) is 38.1 Å². The van der Waals surface area contributed by atoms with Crippen LogP contribution in [0, 0.1) is 17.0 Å². The smallest absolute Gasteiger partial charge is 0.358 e. The first-order valence-electron chi connectivity index (χ1n) is 7.17. The van der Waals surface area contributed by atoms with Gasteiger partial charge in [0, 0.05) is 18.3 Å². The van der Waals surface area contributed by atoms with E-state index in [1.165, 1.54) is 17.7 Å². The van der Waals surface area contributed by atoms with E-state index in [0.717, 1.165) is 0 Å². The average Bonchev–Trinajstić information content (AvgIpc) is 2.90. The average molecular weight is 331 g/mol. The topological polar surface area (TPSA) is 119 Å². The number of carbonyl (C=O) groups excluding carboxylic acids is 2. The standard InChI is InChI=1S/C15H17N5O4/c1-9-8-14(20(23)24)18-19(9)10(2)15(22)17-13-6-4-12(5-7-13)16-11(3)21/h4-8,10H,1-3H3,(H,16,21)(H,17,22). The summed E-state index contributed by atoms with van der Waals surface area (Å²) in [5.74, 6) is -0.841. The Labute approximate surface area is 137 Å². The quantitative estimate of drug-likeness (QED) is 0.643. The van der Waals surface area contributed by atoms with Gasteiger partial charge in [-0.25, -0.2) is 0 Å². The van der Waals surface area contributed by atoms with Crippen LogP contribution in [0.25, 0.3) is 0 Å². The Hall–Kier alpha value is -3.23.